The molecule has 0 saturated carbocycles. The predicted molar refractivity (Wildman–Crippen MR) is 87.1 cm³/mol. The molecule has 5 nitrogen and oxygen atoms in total. The van der Waals surface area contributed by atoms with Crippen LogP contribution in [0.1, 0.15) is 25.8 Å². The van der Waals surface area contributed by atoms with Gasteiger partial charge in [0, 0.05) is 30.1 Å². The Morgan fingerprint density at radius 3 is 2.77 bits per heavy atom. The van der Waals surface area contributed by atoms with Crippen molar-refractivity contribution < 1.29 is 14.3 Å². The third-order valence-corrected chi connectivity index (χ3v) is 3.66. The van der Waals surface area contributed by atoms with Gasteiger partial charge >= 0.3 is 5.97 Å². The maximum Gasteiger partial charge on any atom is 0.323 e. The van der Waals surface area contributed by atoms with Crippen molar-refractivity contribution in [1.82, 2.24) is 4.57 Å². The van der Waals surface area contributed by atoms with E-state index in [0.717, 1.165) is 35.2 Å². The van der Waals surface area contributed by atoms with Crippen LogP contribution in [0.3, 0.4) is 0 Å². The van der Waals surface area contributed by atoms with Crippen LogP contribution in [-0.2, 0) is 22.5 Å². The minimum Gasteiger partial charge on any atom is -0.497 e. The molecule has 120 valence electrons. The number of ether oxygens (including phenoxy) is 2. The van der Waals surface area contributed by atoms with E-state index in [9.17, 15) is 4.79 Å². The minimum atomic E-state index is -0.646. The number of nitrogens with zero attached hydrogens (tertiary/aromatic N) is 1. The predicted octanol–water partition coefficient (Wildman–Crippen LogP) is 2.49. The van der Waals surface area contributed by atoms with E-state index >= 15 is 0 Å². The van der Waals surface area contributed by atoms with E-state index in [1.165, 1.54) is 0 Å². The zero-order valence-corrected chi connectivity index (χ0v) is 13.5. The van der Waals surface area contributed by atoms with Crippen molar-refractivity contribution in [3.05, 3.63) is 30.0 Å². The van der Waals surface area contributed by atoms with Crippen molar-refractivity contribution >= 4 is 16.9 Å². The number of hydrogen-bond donors (Lipinski definition) is 1. The molecular weight excluding hydrogens is 280 g/mol. The minimum absolute atomic E-state index is 0.345. The van der Waals surface area contributed by atoms with Crippen molar-refractivity contribution in [2.24, 2.45) is 5.73 Å². The van der Waals surface area contributed by atoms with Crippen molar-refractivity contribution in [2.45, 2.75) is 39.3 Å². The Morgan fingerprint density at radius 2 is 2.14 bits per heavy atom. The smallest absolute Gasteiger partial charge is 0.323 e. The highest BCUT2D eigenvalue weighted by atomic mass is 16.5. The largest absolute Gasteiger partial charge is 0.497 e. The Labute approximate surface area is 131 Å². The van der Waals surface area contributed by atoms with Crippen LogP contribution in [0.2, 0.25) is 0 Å². The molecule has 1 unspecified atom stereocenters. The molecule has 0 bridgehead atoms. The number of methoxy groups -OCH3 is 1. The summed E-state index contributed by atoms with van der Waals surface area (Å²) in [7, 11) is 1.65. The van der Waals surface area contributed by atoms with Gasteiger partial charge in [0.25, 0.3) is 0 Å². The summed E-state index contributed by atoms with van der Waals surface area (Å²) in [5.41, 5.74) is 8.14. The monoisotopic (exact) mass is 304 g/mol. The van der Waals surface area contributed by atoms with Crippen LogP contribution in [-0.4, -0.2) is 30.3 Å². The highest BCUT2D eigenvalue weighted by molar-refractivity contribution is 5.86. The average Bonchev–Trinajstić information content (AvgIpc) is 2.85. The van der Waals surface area contributed by atoms with E-state index in [1.807, 2.05) is 18.2 Å². The second kappa shape index (κ2) is 7.31. The molecule has 5 heteroatoms. The van der Waals surface area contributed by atoms with Crippen LogP contribution < -0.4 is 10.5 Å². The van der Waals surface area contributed by atoms with E-state index < -0.39 is 6.04 Å². The van der Waals surface area contributed by atoms with Crippen molar-refractivity contribution in [3.8, 4) is 5.75 Å². The van der Waals surface area contributed by atoms with Gasteiger partial charge in [-0.15, -0.1) is 0 Å². The van der Waals surface area contributed by atoms with Gasteiger partial charge in [0.1, 0.15) is 11.8 Å². The van der Waals surface area contributed by atoms with Gasteiger partial charge < -0.3 is 19.8 Å². The molecule has 0 aliphatic heterocycles. The molecule has 22 heavy (non-hydrogen) atoms. The molecule has 2 aromatic rings. The molecule has 1 aromatic heterocycles. The van der Waals surface area contributed by atoms with Crippen LogP contribution in [0.5, 0.6) is 5.75 Å². The third kappa shape index (κ3) is 3.42. The normalized spacial score (nSPS) is 12.4. The lowest BCUT2D eigenvalue weighted by Crippen LogP contribution is -2.34. The van der Waals surface area contributed by atoms with Gasteiger partial charge in [-0.2, -0.15) is 0 Å². The SMILES string of the molecule is CCCn1cc(CC(N)C(=O)OCC)c2cc(OC)ccc21. The Morgan fingerprint density at radius 1 is 1.36 bits per heavy atom. The Kier molecular flexibility index (Phi) is 5.44. The molecule has 0 radical (unpaired) electrons. The first-order valence-corrected chi connectivity index (χ1v) is 7.68. The summed E-state index contributed by atoms with van der Waals surface area (Å²) >= 11 is 0. The third-order valence-electron chi connectivity index (χ3n) is 3.66. The van der Waals surface area contributed by atoms with Crippen molar-refractivity contribution in [2.75, 3.05) is 13.7 Å². The number of fused-ring (bicyclic) bond motifs is 1. The molecule has 0 aliphatic carbocycles. The molecule has 0 spiro atoms. The number of hydrogen-bond acceptors (Lipinski definition) is 4. The first kappa shape index (κ1) is 16.4. The molecule has 0 aliphatic rings. The van der Waals surface area contributed by atoms with Crippen molar-refractivity contribution in [3.63, 3.8) is 0 Å². The summed E-state index contributed by atoms with van der Waals surface area (Å²) in [6, 6.07) is 5.34. The van der Waals surface area contributed by atoms with E-state index in [1.54, 1.807) is 14.0 Å². The topological polar surface area (TPSA) is 66.5 Å². The lowest BCUT2D eigenvalue weighted by molar-refractivity contribution is -0.144. The maximum atomic E-state index is 11.8. The van der Waals surface area contributed by atoms with Crippen LogP contribution in [0.25, 0.3) is 10.9 Å². The molecule has 0 fully saturated rings. The standard InChI is InChI=1S/C17H24N2O3/c1-4-8-19-11-12(9-15(18)17(20)22-5-2)14-10-13(21-3)6-7-16(14)19/h6-7,10-11,15H,4-5,8-9,18H2,1-3H3. The average molecular weight is 304 g/mol. The Balaban J connectivity index is 2.36. The molecule has 2 N–H and O–H groups in total. The molecule has 1 atom stereocenters. The highest BCUT2D eigenvalue weighted by Gasteiger charge is 2.18. The maximum absolute atomic E-state index is 11.8. The highest BCUT2D eigenvalue weighted by Crippen LogP contribution is 2.27. The second-order valence-corrected chi connectivity index (χ2v) is 5.29. The van der Waals surface area contributed by atoms with Gasteiger partial charge in [0.2, 0.25) is 0 Å². The van der Waals surface area contributed by atoms with Gasteiger partial charge in [-0.05, 0) is 37.1 Å². The summed E-state index contributed by atoms with van der Waals surface area (Å²) in [5, 5.41) is 1.08. The van der Waals surface area contributed by atoms with Gasteiger partial charge in [0.05, 0.1) is 13.7 Å². The quantitative estimate of drug-likeness (QED) is 0.798. The zero-order valence-electron chi connectivity index (χ0n) is 13.5. The fraction of sp³-hybridized carbons (Fsp3) is 0.471. The summed E-state index contributed by atoms with van der Waals surface area (Å²) in [6.07, 6.45) is 3.57. The Hall–Kier alpha value is -2.01. The van der Waals surface area contributed by atoms with Crippen LogP contribution in [0.15, 0.2) is 24.4 Å². The molecule has 2 rings (SSSR count). The molecule has 0 amide bonds. The van der Waals surface area contributed by atoms with Crippen molar-refractivity contribution in [1.29, 1.82) is 0 Å². The van der Waals surface area contributed by atoms with E-state index in [4.69, 9.17) is 15.2 Å². The van der Waals surface area contributed by atoms with E-state index in [0.29, 0.717) is 13.0 Å². The zero-order chi connectivity index (χ0) is 16.1. The van der Waals surface area contributed by atoms with Gasteiger partial charge in [-0.25, -0.2) is 0 Å². The first-order chi connectivity index (χ1) is 10.6. The summed E-state index contributed by atoms with van der Waals surface area (Å²) in [6.45, 7) is 5.19. The number of carbonyl (C=O) groups is 1. The summed E-state index contributed by atoms with van der Waals surface area (Å²) < 4.78 is 12.5. The number of aromatic nitrogens is 1. The fourth-order valence-corrected chi connectivity index (χ4v) is 2.64. The van der Waals surface area contributed by atoms with Crippen LogP contribution >= 0.6 is 0 Å². The number of benzene rings is 1. The van der Waals surface area contributed by atoms with Gasteiger partial charge in [-0.3, -0.25) is 4.79 Å². The number of nitrogens with two attached hydrogens (primary N) is 1. The Bertz CT molecular complexity index is 649. The van der Waals surface area contributed by atoms with Crippen LogP contribution in [0, 0.1) is 0 Å². The molecular formula is C17H24N2O3. The molecule has 0 saturated heterocycles. The van der Waals surface area contributed by atoms with Gasteiger partial charge in [-0.1, -0.05) is 6.92 Å². The van der Waals surface area contributed by atoms with E-state index in [2.05, 4.69) is 17.7 Å². The summed E-state index contributed by atoms with van der Waals surface area (Å²) in [5.74, 6) is 0.439. The first-order valence-electron chi connectivity index (χ1n) is 7.68. The second-order valence-electron chi connectivity index (χ2n) is 5.29. The summed E-state index contributed by atoms with van der Waals surface area (Å²) in [4.78, 5) is 11.8. The fourth-order valence-electron chi connectivity index (χ4n) is 2.64. The lowest BCUT2D eigenvalue weighted by Gasteiger charge is -2.09. The van der Waals surface area contributed by atoms with Gasteiger partial charge in [0.15, 0.2) is 0 Å². The molecule has 1 aromatic carbocycles. The number of aryl methyl sites for hydroxylation is 1. The number of esters is 1. The number of carbonyl (C=O) groups excluding carboxylic acids is 1. The van der Waals surface area contributed by atoms with Crippen LogP contribution in [0.4, 0.5) is 0 Å². The number of rotatable bonds is 7. The molecule has 1 heterocycles. The van der Waals surface area contributed by atoms with E-state index in [-0.39, 0.29) is 5.97 Å². The lowest BCUT2D eigenvalue weighted by atomic mass is 10.1.